The van der Waals surface area contributed by atoms with Gasteiger partial charge in [-0.2, -0.15) is 5.10 Å². The van der Waals surface area contributed by atoms with E-state index in [-0.39, 0.29) is 24.6 Å². The molecule has 0 radical (unpaired) electrons. The van der Waals surface area contributed by atoms with Gasteiger partial charge in [-0.1, -0.05) is 42.5 Å². The lowest BCUT2D eigenvalue weighted by molar-refractivity contribution is -0.384. The summed E-state index contributed by atoms with van der Waals surface area (Å²) in [5.74, 6) is -0.869. The Morgan fingerprint density at radius 2 is 1.87 bits per heavy atom. The van der Waals surface area contributed by atoms with Crippen molar-refractivity contribution in [2.45, 2.75) is 19.3 Å². The molecular formula is C21H22N4O5. The smallest absolute Gasteiger partial charge is 0.306 e. The average molecular weight is 410 g/mol. The van der Waals surface area contributed by atoms with Crippen LogP contribution in [0.1, 0.15) is 24.8 Å². The number of amides is 1. The van der Waals surface area contributed by atoms with Crippen LogP contribution in [-0.2, 0) is 14.3 Å². The van der Waals surface area contributed by atoms with E-state index in [1.165, 1.54) is 11.1 Å². The standard InChI is InChI=1S/C21H22N4O5/c26-20(24-14-12-17(23-24)16-7-2-1-3-8-16)15-30-21(27)11-6-13-22-18-9-4-5-10-19(18)25(28)29/h1-5,7-10,22H,6,11-15H2. The van der Waals surface area contributed by atoms with E-state index in [1.807, 2.05) is 30.3 Å². The van der Waals surface area contributed by atoms with Gasteiger partial charge < -0.3 is 10.1 Å². The number of carbonyl (C=O) groups excluding carboxylic acids is 2. The van der Waals surface area contributed by atoms with Gasteiger partial charge in [0, 0.05) is 25.5 Å². The number of hydrogen-bond donors (Lipinski definition) is 1. The number of hydrazone groups is 1. The number of carbonyl (C=O) groups is 2. The zero-order chi connectivity index (χ0) is 21.3. The molecule has 0 aromatic heterocycles. The SMILES string of the molecule is O=C(CCCNc1ccccc1[N+](=O)[O-])OCC(=O)N1CCC(c2ccccc2)=N1. The zero-order valence-electron chi connectivity index (χ0n) is 16.3. The Hall–Kier alpha value is -3.75. The minimum Gasteiger partial charge on any atom is -0.455 e. The molecule has 30 heavy (non-hydrogen) atoms. The van der Waals surface area contributed by atoms with E-state index in [4.69, 9.17) is 4.74 Å². The molecule has 2 aromatic rings. The van der Waals surface area contributed by atoms with E-state index in [1.54, 1.807) is 18.2 Å². The molecule has 0 atom stereocenters. The van der Waals surface area contributed by atoms with Crippen molar-refractivity contribution >= 4 is 29.0 Å². The van der Waals surface area contributed by atoms with Crippen LogP contribution in [0.15, 0.2) is 59.7 Å². The highest BCUT2D eigenvalue weighted by molar-refractivity contribution is 6.02. The second-order valence-electron chi connectivity index (χ2n) is 6.64. The average Bonchev–Trinajstić information content (AvgIpc) is 3.26. The highest BCUT2D eigenvalue weighted by Gasteiger charge is 2.22. The van der Waals surface area contributed by atoms with Crippen LogP contribution in [0.3, 0.4) is 0 Å². The van der Waals surface area contributed by atoms with Gasteiger partial charge in [0.05, 0.1) is 17.2 Å². The zero-order valence-corrected chi connectivity index (χ0v) is 16.3. The molecule has 9 heteroatoms. The van der Waals surface area contributed by atoms with Crippen molar-refractivity contribution in [3.8, 4) is 0 Å². The van der Waals surface area contributed by atoms with Crippen LogP contribution in [0, 0.1) is 10.1 Å². The minimum absolute atomic E-state index is 0.0216. The molecule has 1 heterocycles. The van der Waals surface area contributed by atoms with Crippen LogP contribution in [0.5, 0.6) is 0 Å². The van der Waals surface area contributed by atoms with Gasteiger partial charge >= 0.3 is 5.97 Å². The third-order valence-electron chi connectivity index (χ3n) is 4.53. The number of nitro groups is 1. The summed E-state index contributed by atoms with van der Waals surface area (Å²) < 4.78 is 5.04. The summed E-state index contributed by atoms with van der Waals surface area (Å²) in [7, 11) is 0. The van der Waals surface area contributed by atoms with E-state index >= 15 is 0 Å². The van der Waals surface area contributed by atoms with Crippen LogP contribution in [0.4, 0.5) is 11.4 Å². The maximum atomic E-state index is 12.2. The summed E-state index contributed by atoms with van der Waals surface area (Å²) in [5.41, 5.74) is 2.17. The molecule has 1 aliphatic rings. The van der Waals surface area contributed by atoms with Crippen molar-refractivity contribution in [2.75, 3.05) is 25.0 Å². The first-order chi connectivity index (χ1) is 14.5. The van der Waals surface area contributed by atoms with Crippen molar-refractivity contribution in [3.05, 3.63) is 70.3 Å². The number of nitrogens with zero attached hydrogens (tertiary/aromatic N) is 3. The maximum Gasteiger partial charge on any atom is 0.306 e. The minimum atomic E-state index is -0.501. The summed E-state index contributed by atoms with van der Waals surface area (Å²) >= 11 is 0. The Bertz CT molecular complexity index is 945. The number of hydrogen-bond acceptors (Lipinski definition) is 7. The molecule has 2 aromatic carbocycles. The van der Waals surface area contributed by atoms with Crippen molar-refractivity contribution in [2.24, 2.45) is 5.10 Å². The number of para-hydroxylation sites is 2. The molecule has 9 nitrogen and oxygen atoms in total. The Morgan fingerprint density at radius 3 is 2.63 bits per heavy atom. The lowest BCUT2D eigenvalue weighted by Crippen LogP contribution is -2.28. The Balaban J connectivity index is 1.37. The van der Waals surface area contributed by atoms with Gasteiger partial charge in [-0.15, -0.1) is 0 Å². The molecule has 1 N–H and O–H groups in total. The number of ether oxygens (including phenoxy) is 1. The summed E-state index contributed by atoms with van der Waals surface area (Å²) in [5, 5.41) is 19.5. The number of benzene rings is 2. The predicted molar refractivity (Wildman–Crippen MR) is 111 cm³/mol. The predicted octanol–water partition coefficient (Wildman–Crippen LogP) is 2.97. The lowest BCUT2D eigenvalue weighted by atomic mass is 10.1. The summed E-state index contributed by atoms with van der Waals surface area (Å²) in [6, 6.07) is 15.9. The van der Waals surface area contributed by atoms with E-state index in [9.17, 15) is 19.7 Å². The molecule has 0 unspecified atom stereocenters. The summed E-state index contributed by atoms with van der Waals surface area (Å²) in [6.45, 7) is 0.465. The lowest BCUT2D eigenvalue weighted by Gasteiger charge is -2.11. The molecule has 0 fully saturated rings. The number of esters is 1. The molecule has 3 rings (SSSR count). The first-order valence-electron chi connectivity index (χ1n) is 9.61. The van der Waals surface area contributed by atoms with Gasteiger partial charge in [-0.3, -0.25) is 19.7 Å². The highest BCUT2D eigenvalue weighted by atomic mass is 16.6. The quantitative estimate of drug-likeness (QED) is 0.294. The van der Waals surface area contributed by atoms with Gasteiger partial charge in [0.1, 0.15) is 5.69 Å². The first-order valence-corrected chi connectivity index (χ1v) is 9.61. The third kappa shape index (κ3) is 5.63. The fourth-order valence-corrected chi connectivity index (χ4v) is 3.00. The first kappa shape index (κ1) is 21.0. The molecule has 1 aliphatic heterocycles. The van der Waals surface area contributed by atoms with Gasteiger partial charge in [0.25, 0.3) is 11.6 Å². The number of anilines is 1. The van der Waals surface area contributed by atoms with Gasteiger partial charge in [0.15, 0.2) is 6.61 Å². The second kappa shape index (κ2) is 10.1. The number of nitrogens with one attached hydrogen (secondary N) is 1. The van der Waals surface area contributed by atoms with Crippen LogP contribution >= 0.6 is 0 Å². The molecule has 156 valence electrons. The summed E-state index contributed by atoms with van der Waals surface area (Å²) in [4.78, 5) is 34.6. The van der Waals surface area contributed by atoms with E-state index in [0.29, 0.717) is 31.6 Å². The van der Waals surface area contributed by atoms with Gasteiger partial charge in [0.2, 0.25) is 0 Å². The van der Waals surface area contributed by atoms with Crippen LogP contribution in [-0.4, -0.2) is 47.2 Å². The normalized spacial score (nSPS) is 12.9. The summed E-state index contributed by atoms with van der Waals surface area (Å²) in [6.07, 6.45) is 1.17. The molecule has 0 bridgehead atoms. The van der Waals surface area contributed by atoms with Crippen LogP contribution in [0.25, 0.3) is 0 Å². The van der Waals surface area contributed by atoms with E-state index in [2.05, 4.69) is 10.4 Å². The second-order valence-corrected chi connectivity index (χ2v) is 6.64. The molecule has 0 saturated heterocycles. The fraction of sp³-hybridized carbons (Fsp3) is 0.286. The Labute approximate surface area is 173 Å². The molecular weight excluding hydrogens is 388 g/mol. The highest BCUT2D eigenvalue weighted by Crippen LogP contribution is 2.23. The van der Waals surface area contributed by atoms with Crippen molar-refractivity contribution < 1.29 is 19.2 Å². The third-order valence-corrected chi connectivity index (χ3v) is 4.53. The van der Waals surface area contributed by atoms with Crippen molar-refractivity contribution in [1.82, 2.24) is 5.01 Å². The Morgan fingerprint density at radius 1 is 1.13 bits per heavy atom. The maximum absolute atomic E-state index is 12.2. The monoisotopic (exact) mass is 410 g/mol. The Kier molecular flexibility index (Phi) is 7.09. The van der Waals surface area contributed by atoms with Gasteiger partial charge in [-0.25, -0.2) is 5.01 Å². The molecule has 0 aliphatic carbocycles. The van der Waals surface area contributed by atoms with Crippen LogP contribution in [0.2, 0.25) is 0 Å². The van der Waals surface area contributed by atoms with E-state index < -0.39 is 10.9 Å². The fourth-order valence-electron chi connectivity index (χ4n) is 3.00. The molecule has 0 saturated carbocycles. The van der Waals surface area contributed by atoms with E-state index in [0.717, 1.165) is 11.3 Å². The molecule has 1 amide bonds. The topological polar surface area (TPSA) is 114 Å². The number of rotatable bonds is 9. The largest absolute Gasteiger partial charge is 0.455 e. The number of nitro benzene ring substituents is 1. The van der Waals surface area contributed by atoms with Crippen molar-refractivity contribution in [3.63, 3.8) is 0 Å². The van der Waals surface area contributed by atoms with Crippen molar-refractivity contribution in [1.29, 1.82) is 0 Å². The van der Waals surface area contributed by atoms with Gasteiger partial charge in [-0.05, 0) is 18.1 Å². The molecule has 0 spiro atoms. The van der Waals surface area contributed by atoms with Crippen LogP contribution < -0.4 is 5.32 Å².